The van der Waals surface area contributed by atoms with Gasteiger partial charge in [-0.3, -0.25) is 9.36 Å². The number of aliphatic hydroxyl groups excluding tert-OH is 1. The Bertz CT molecular complexity index is 920. The van der Waals surface area contributed by atoms with E-state index in [4.69, 9.17) is 13.8 Å². The van der Waals surface area contributed by atoms with Crippen LogP contribution in [-0.2, 0) is 23.1 Å². The molecule has 0 amide bonds. The summed E-state index contributed by atoms with van der Waals surface area (Å²) in [4.78, 5) is 25.1. The predicted molar refractivity (Wildman–Crippen MR) is 222 cm³/mol. The summed E-state index contributed by atoms with van der Waals surface area (Å²) in [6.07, 6.45) is 41.5. The molecular formula is C44H86NO7P. The number of carbonyl (C=O) groups excluding carboxylic acids is 1. The number of rotatable bonds is 40. The Morgan fingerprint density at radius 1 is 0.642 bits per heavy atom. The number of unbranched alkanes of at least 4 members (excludes halogenated alkanes) is 25. The van der Waals surface area contributed by atoms with Gasteiger partial charge in [0.1, 0.15) is 18.8 Å². The molecule has 0 saturated carbocycles. The van der Waals surface area contributed by atoms with Crippen molar-refractivity contribution in [3.8, 4) is 0 Å². The maximum atomic E-state index is 12.7. The van der Waals surface area contributed by atoms with Gasteiger partial charge in [-0.05, 0) is 44.9 Å². The summed E-state index contributed by atoms with van der Waals surface area (Å²) in [5.74, 6) is -0.457. The molecule has 0 aliphatic rings. The Balaban J connectivity index is 4.21. The van der Waals surface area contributed by atoms with Gasteiger partial charge in [0, 0.05) is 6.42 Å². The Hall–Kier alpha value is -1.02. The van der Waals surface area contributed by atoms with Gasteiger partial charge in [-0.15, -0.1) is 0 Å². The summed E-state index contributed by atoms with van der Waals surface area (Å²) in [5, 5.41) is 9.71. The van der Waals surface area contributed by atoms with E-state index in [-0.39, 0.29) is 6.42 Å². The molecular weight excluding hydrogens is 685 g/mol. The Morgan fingerprint density at radius 3 is 1.45 bits per heavy atom. The topological polar surface area (TPSA) is 105 Å². The van der Waals surface area contributed by atoms with Crippen molar-refractivity contribution in [3.63, 3.8) is 0 Å². The molecule has 0 aliphatic heterocycles. The second kappa shape index (κ2) is 36.6. The third-order valence-corrected chi connectivity index (χ3v) is 10.6. The smallest absolute Gasteiger partial charge is 0.306 e. The third kappa shape index (κ3) is 39.0. The first-order valence-corrected chi connectivity index (χ1v) is 23.6. The van der Waals surface area contributed by atoms with Crippen molar-refractivity contribution >= 4 is 13.8 Å². The normalized spacial score (nSPS) is 14.6. The van der Waals surface area contributed by atoms with Crippen molar-refractivity contribution in [2.45, 2.75) is 212 Å². The lowest BCUT2D eigenvalue weighted by molar-refractivity contribution is -0.872. The molecule has 0 aliphatic carbocycles. The number of phosphoric ester groups is 1. The first-order valence-electron chi connectivity index (χ1n) is 22.1. The van der Waals surface area contributed by atoms with Crippen molar-refractivity contribution in [1.29, 1.82) is 0 Å². The monoisotopic (exact) mass is 772 g/mol. The fourth-order valence-electron chi connectivity index (χ4n) is 6.45. The summed E-state index contributed by atoms with van der Waals surface area (Å²) in [6.45, 7) is 3.95. The highest BCUT2D eigenvalue weighted by atomic mass is 31.2. The largest absolute Gasteiger partial charge is 0.756 e. The number of quaternary nitrogens is 1. The van der Waals surface area contributed by atoms with E-state index in [2.05, 4.69) is 26.0 Å². The minimum Gasteiger partial charge on any atom is -0.756 e. The number of nitrogens with zero attached hydrogens (tertiary/aromatic N) is 1. The number of phosphoric acid groups is 1. The summed E-state index contributed by atoms with van der Waals surface area (Å²) in [7, 11) is 1.23. The fraction of sp³-hybridized carbons (Fsp3) is 0.886. The zero-order valence-electron chi connectivity index (χ0n) is 35.4. The van der Waals surface area contributed by atoms with E-state index in [1.54, 1.807) is 0 Å². The van der Waals surface area contributed by atoms with Crippen LogP contribution < -0.4 is 4.89 Å². The highest BCUT2D eigenvalue weighted by molar-refractivity contribution is 7.45. The molecule has 0 saturated heterocycles. The quantitative estimate of drug-likeness (QED) is 0.0217. The molecule has 0 spiro atoms. The van der Waals surface area contributed by atoms with Gasteiger partial charge in [-0.2, -0.15) is 0 Å². The Morgan fingerprint density at radius 2 is 1.04 bits per heavy atom. The van der Waals surface area contributed by atoms with Crippen LogP contribution >= 0.6 is 7.82 Å². The highest BCUT2D eigenvalue weighted by Crippen LogP contribution is 2.40. The fourth-order valence-corrected chi connectivity index (χ4v) is 7.33. The van der Waals surface area contributed by atoms with Crippen LogP contribution in [0.2, 0.25) is 0 Å². The average molecular weight is 772 g/mol. The molecule has 0 aromatic carbocycles. The van der Waals surface area contributed by atoms with Crippen LogP contribution in [0.1, 0.15) is 200 Å². The number of esters is 1. The predicted octanol–water partition coefficient (Wildman–Crippen LogP) is 11.9. The molecule has 8 nitrogen and oxygen atoms in total. The molecule has 9 heteroatoms. The molecule has 0 aromatic rings. The third-order valence-electron chi connectivity index (χ3n) is 9.63. The van der Waals surface area contributed by atoms with E-state index in [0.29, 0.717) is 17.4 Å². The van der Waals surface area contributed by atoms with Crippen LogP contribution in [0.4, 0.5) is 0 Å². The number of hydrogen-bond acceptors (Lipinski definition) is 7. The first kappa shape index (κ1) is 52.0. The number of aliphatic hydroxyl groups is 1. The SMILES string of the molecule is CCCCCCCC/C=C\CCCCCCCC(=O)O[C@H](CO)COP(=O)([O-])OC(/C=C\CCCCCCCCCCCCCCCC)C[N+](C)(C)C. The zero-order chi connectivity index (χ0) is 39.3. The number of ether oxygens (including phenoxy) is 1. The van der Waals surface area contributed by atoms with Gasteiger partial charge < -0.3 is 28.3 Å². The lowest BCUT2D eigenvalue weighted by atomic mass is 10.0. The Kier molecular flexibility index (Phi) is 35.9. The molecule has 0 aromatic heterocycles. The molecule has 2 unspecified atom stereocenters. The van der Waals surface area contributed by atoms with Crippen LogP contribution in [0.25, 0.3) is 0 Å². The maximum absolute atomic E-state index is 12.7. The van der Waals surface area contributed by atoms with Crippen molar-refractivity contribution in [3.05, 3.63) is 24.3 Å². The van der Waals surface area contributed by atoms with E-state index < -0.39 is 39.2 Å². The summed E-state index contributed by atoms with van der Waals surface area (Å²) in [6, 6.07) is 0. The summed E-state index contributed by atoms with van der Waals surface area (Å²) in [5.41, 5.74) is 0. The van der Waals surface area contributed by atoms with E-state index in [1.807, 2.05) is 33.3 Å². The van der Waals surface area contributed by atoms with Crippen LogP contribution in [0.5, 0.6) is 0 Å². The van der Waals surface area contributed by atoms with Gasteiger partial charge in [0.15, 0.2) is 0 Å². The van der Waals surface area contributed by atoms with Gasteiger partial charge in [0.25, 0.3) is 7.82 Å². The van der Waals surface area contributed by atoms with Gasteiger partial charge in [-0.25, -0.2) is 0 Å². The van der Waals surface area contributed by atoms with Crippen LogP contribution in [-0.4, -0.2) is 68.7 Å². The number of carbonyl (C=O) groups is 1. The molecule has 314 valence electrons. The van der Waals surface area contributed by atoms with Crippen LogP contribution in [0.15, 0.2) is 24.3 Å². The van der Waals surface area contributed by atoms with E-state index in [0.717, 1.165) is 44.9 Å². The minimum absolute atomic E-state index is 0.232. The molecule has 0 rings (SSSR count). The van der Waals surface area contributed by atoms with Crippen molar-refractivity contribution in [2.75, 3.05) is 40.9 Å². The van der Waals surface area contributed by atoms with Gasteiger partial charge >= 0.3 is 5.97 Å². The second-order valence-corrected chi connectivity index (χ2v) is 17.7. The molecule has 0 heterocycles. The molecule has 1 N–H and O–H groups in total. The lowest BCUT2D eigenvalue weighted by Crippen LogP contribution is -2.42. The highest BCUT2D eigenvalue weighted by Gasteiger charge is 2.24. The molecule has 0 bridgehead atoms. The molecule has 53 heavy (non-hydrogen) atoms. The average Bonchev–Trinajstić information content (AvgIpc) is 3.10. The second-order valence-electron chi connectivity index (χ2n) is 16.3. The van der Waals surface area contributed by atoms with Crippen molar-refractivity contribution in [2.24, 2.45) is 0 Å². The standard InChI is InChI=1S/C44H86NO7P/c1-6-8-10-12-14-16-18-20-22-24-25-27-29-31-33-35-37-42(39-45(3,4)5)52-53(48,49)50-41-43(40-46)51-44(47)38-36-34-32-30-28-26-23-21-19-17-15-13-11-9-7-2/h21,23,35,37,42-43,46H,6-20,22,24-34,36,38-41H2,1-5H3/b23-21-,37-35-/t42?,43-/m1/s1. The maximum Gasteiger partial charge on any atom is 0.306 e. The van der Waals surface area contributed by atoms with Crippen LogP contribution in [0, 0.1) is 0 Å². The molecule has 0 fully saturated rings. The first-order chi connectivity index (χ1) is 25.5. The Labute approximate surface area is 328 Å². The van der Waals surface area contributed by atoms with Gasteiger partial charge in [0.2, 0.25) is 0 Å². The number of allylic oxidation sites excluding steroid dienone is 3. The minimum atomic E-state index is -4.71. The van der Waals surface area contributed by atoms with E-state index in [1.165, 1.54) is 128 Å². The lowest BCUT2D eigenvalue weighted by Gasteiger charge is -2.32. The van der Waals surface area contributed by atoms with Gasteiger partial charge in [-0.1, -0.05) is 173 Å². The number of likely N-dealkylation sites (N-methyl/N-ethyl adjacent to an activating group) is 1. The van der Waals surface area contributed by atoms with Gasteiger partial charge in [0.05, 0.1) is 34.4 Å². The van der Waals surface area contributed by atoms with E-state index >= 15 is 0 Å². The zero-order valence-corrected chi connectivity index (χ0v) is 36.3. The summed E-state index contributed by atoms with van der Waals surface area (Å²) < 4.78 is 29.1. The van der Waals surface area contributed by atoms with Crippen molar-refractivity contribution < 1.29 is 37.6 Å². The van der Waals surface area contributed by atoms with Crippen LogP contribution in [0.3, 0.4) is 0 Å². The molecule has 0 radical (unpaired) electrons. The molecule has 3 atom stereocenters. The summed E-state index contributed by atoms with van der Waals surface area (Å²) >= 11 is 0. The number of hydrogen-bond donors (Lipinski definition) is 1. The van der Waals surface area contributed by atoms with E-state index in [9.17, 15) is 19.4 Å². The van der Waals surface area contributed by atoms with Crippen molar-refractivity contribution in [1.82, 2.24) is 0 Å².